The Balaban J connectivity index is 2.59. The molecule has 0 spiro atoms. The standard InChI is InChI=1S/C10H15NO4S2/c1-3-8-4-5-10(16-8)17(13,14)11-7-6-9(12)15-2/h4-5,11H,3,6-7H2,1-2H3. The summed E-state index contributed by atoms with van der Waals surface area (Å²) in [5.41, 5.74) is 0. The lowest BCUT2D eigenvalue weighted by Gasteiger charge is -2.03. The fourth-order valence-electron chi connectivity index (χ4n) is 1.15. The molecular weight excluding hydrogens is 262 g/mol. The highest BCUT2D eigenvalue weighted by Crippen LogP contribution is 2.21. The van der Waals surface area contributed by atoms with Gasteiger partial charge in [0, 0.05) is 11.4 Å². The Morgan fingerprint density at radius 3 is 2.71 bits per heavy atom. The first-order chi connectivity index (χ1) is 7.99. The minimum atomic E-state index is -3.49. The van der Waals surface area contributed by atoms with Crippen molar-refractivity contribution in [3.63, 3.8) is 0 Å². The first-order valence-corrected chi connectivity index (χ1v) is 7.44. The van der Waals surface area contributed by atoms with Crippen LogP contribution in [-0.2, 0) is 26.0 Å². The second-order valence-corrected chi connectivity index (χ2v) is 6.46. The molecule has 1 aromatic rings. The number of esters is 1. The van der Waals surface area contributed by atoms with E-state index in [1.54, 1.807) is 12.1 Å². The number of hydrogen-bond donors (Lipinski definition) is 1. The van der Waals surface area contributed by atoms with Crippen molar-refractivity contribution in [1.82, 2.24) is 4.72 Å². The Kier molecular flexibility index (Phi) is 5.10. The molecular formula is C10H15NO4S2. The molecule has 0 bridgehead atoms. The molecule has 96 valence electrons. The van der Waals surface area contributed by atoms with Crippen LogP contribution in [0.2, 0.25) is 0 Å². The topological polar surface area (TPSA) is 72.5 Å². The van der Waals surface area contributed by atoms with Crippen LogP contribution >= 0.6 is 11.3 Å². The molecule has 0 aliphatic carbocycles. The third kappa shape index (κ3) is 4.10. The van der Waals surface area contributed by atoms with E-state index >= 15 is 0 Å². The highest BCUT2D eigenvalue weighted by atomic mass is 32.2. The van der Waals surface area contributed by atoms with E-state index in [1.165, 1.54) is 18.4 Å². The van der Waals surface area contributed by atoms with Crippen LogP contribution in [0.15, 0.2) is 16.3 Å². The van der Waals surface area contributed by atoms with Crippen LogP contribution in [-0.4, -0.2) is 28.0 Å². The van der Waals surface area contributed by atoms with Crippen molar-refractivity contribution in [2.45, 2.75) is 24.0 Å². The average molecular weight is 277 g/mol. The first-order valence-electron chi connectivity index (χ1n) is 5.14. The van der Waals surface area contributed by atoms with Gasteiger partial charge >= 0.3 is 5.97 Å². The first kappa shape index (κ1) is 14.1. The molecule has 0 aliphatic heterocycles. The molecule has 0 aliphatic rings. The van der Waals surface area contributed by atoms with Gasteiger partial charge in [0.15, 0.2) is 0 Å². The molecule has 0 amide bonds. The van der Waals surface area contributed by atoms with Gasteiger partial charge in [-0.15, -0.1) is 11.3 Å². The lowest BCUT2D eigenvalue weighted by atomic mass is 10.4. The molecule has 0 fully saturated rings. The van der Waals surface area contributed by atoms with Crippen molar-refractivity contribution in [3.05, 3.63) is 17.0 Å². The Bertz CT molecular complexity index is 478. The normalized spacial score (nSPS) is 11.4. The van der Waals surface area contributed by atoms with Gasteiger partial charge in [-0.3, -0.25) is 4.79 Å². The summed E-state index contributed by atoms with van der Waals surface area (Å²) in [7, 11) is -2.23. The molecule has 0 atom stereocenters. The number of nitrogens with one attached hydrogen (secondary N) is 1. The van der Waals surface area contributed by atoms with Crippen LogP contribution in [0.3, 0.4) is 0 Å². The van der Waals surface area contributed by atoms with Gasteiger partial charge in [0.25, 0.3) is 0 Å². The monoisotopic (exact) mass is 277 g/mol. The summed E-state index contributed by atoms with van der Waals surface area (Å²) < 4.78 is 30.6. The van der Waals surface area contributed by atoms with Gasteiger partial charge in [-0.25, -0.2) is 13.1 Å². The predicted molar refractivity (Wildman–Crippen MR) is 65.5 cm³/mol. The van der Waals surface area contributed by atoms with Crippen molar-refractivity contribution >= 4 is 27.3 Å². The van der Waals surface area contributed by atoms with Gasteiger partial charge in [-0.05, 0) is 18.6 Å². The van der Waals surface area contributed by atoms with Gasteiger partial charge < -0.3 is 4.74 Å². The van der Waals surface area contributed by atoms with Crippen molar-refractivity contribution in [2.75, 3.05) is 13.7 Å². The number of carbonyl (C=O) groups is 1. The van der Waals surface area contributed by atoms with E-state index in [0.717, 1.165) is 11.3 Å². The Morgan fingerprint density at radius 1 is 1.47 bits per heavy atom. The van der Waals surface area contributed by atoms with E-state index in [0.29, 0.717) is 0 Å². The van der Waals surface area contributed by atoms with Crippen LogP contribution in [0.5, 0.6) is 0 Å². The van der Waals surface area contributed by atoms with E-state index in [9.17, 15) is 13.2 Å². The van der Waals surface area contributed by atoms with Gasteiger partial charge in [0.05, 0.1) is 13.5 Å². The van der Waals surface area contributed by atoms with E-state index < -0.39 is 16.0 Å². The van der Waals surface area contributed by atoms with Crippen molar-refractivity contribution in [3.8, 4) is 0 Å². The van der Waals surface area contributed by atoms with E-state index in [-0.39, 0.29) is 17.2 Å². The predicted octanol–water partition coefficient (Wildman–Crippen LogP) is 1.15. The van der Waals surface area contributed by atoms with Crippen molar-refractivity contribution in [2.24, 2.45) is 0 Å². The fourth-order valence-corrected chi connectivity index (χ4v) is 3.53. The van der Waals surface area contributed by atoms with E-state index in [4.69, 9.17) is 0 Å². The second kappa shape index (κ2) is 6.13. The third-order valence-electron chi connectivity index (χ3n) is 2.10. The summed E-state index contributed by atoms with van der Waals surface area (Å²) in [5, 5.41) is 0. The average Bonchev–Trinajstić information content (AvgIpc) is 2.77. The van der Waals surface area contributed by atoms with Gasteiger partial charge in [-0.1, -0.05) is 6.92 Å². The number of sulfonamides is 1. The van der Waals surface area contributed by atoms with Gasteiger partial charge in [0.2, 0.25) is 10.0 Å². The largest absolute Gasteiger partial charge is 0.469 e. The summed E-state index contributed by atoms with van der Waals surface area (Å²) >= 11 is 1.24. The Morgan fingerprint density at radius 2 is 2.18 bits per heavy atom. The minimum Gasteiger partial charge on any atom is -0.469 e. The molecule has 0 aromatic carbocycles. The summed E-state index contributed by atoms with van der Waals surface area (Å²) in [4.78, 5) is 11.8. The highest BCUT2D eigenvalue weighted by Gasteiger charge is 2.16. The van der Waals surface area contributed by atoms with Crippen molar-refractivity contribution in [1.29, 1.82) is 0 Å². The number of rotatable bonds is 6. The number of ether oxygens (including phenoxy) is 1. The molecule has 0 saturated carbocycles. The molecule has 0 saturated heterocycles. The smallest absolute Gasteiger partial charge is 0.306 e. The lowest BCUT2D eigenvalue weighted by Crippen LogP contribution is -2.25. The molecule has 0 radical (unpaired) electrons. The molecule has 1 N–H and O–H groups in total. The van der Waals surface area contributed by atoms with Gasteiger partial charge in [0.1, 0.15) is 4.21 Å². The number of carbonyl (C=O) groups excluding carboxylic acids is 1. The molecule has 1 aromatic heterocycles. The molecule has 0 unspecified atom stereocenters. The number of hydrogen-bond acceptors (Lipinski definition) is 5. The van der Waals surface area contributed by atoms with Crippen molar-refractivity contribution < 1.29 is 17.9 Å². The lowest BCUT2D eigenvalue weighted by molar-refractivity contribution is -0.140. The maximum atomic E-state index is 11.8. The zero-order valence-electron chi connectivity index (χ0n) is 9.73. The zero-order valence-corrected chi connectivity index (χ0v) is 11.4. The van der Waals surface area contributed by atoms with Crippen LogP contribution in [0.25, 0.3) is 0 Å². The zero-order chi connectivity index (χ0) is 12.9. The summed E-state index contributed by atoms with van der Waals surface area (Å²) in [6.07, 6.45) is 0.837. The molecule has 1 heterocycles. The van der Waals surface area contributed by atoms with Gasteiger partial charge in [-0.2, -0.15) is 0 Å². The molecule has 7 heteroatoms. The summed E-state index contributed by atoms with van der Waals surface area (Å²) in [6, 6.07) is 3.36. The second-order valence-electron chi connectivity index (χ2n) is 3.30. The molecule has 17 heavy (non-hydrogen) atoms. The summed E-state index contributed by atoms with van der Waals surface area (Å²) in [6.45, 7) is 2.02. The number of methoxy groups -OCH3 is 1. The quantitative estimate of drug-likeness (QED) is 0.792. The molecule has 5 nitrogen and oxygen atoms in total. The van der Waals surface area contributed by atoms with E-state index in [2.05, 4.69) is 9.46 Å². The summed E-state index contributed by atoms with van der Waals surface area (Å²) in [5.74, 6) is -0.437. The number of thiophene rings is 1. The van der Waals surface area contributed by atoms with Crippen LogP contribution in [0, 0.1) is 0 Å². The maximum absolute atomic E-state index is 11.8. The van der Waals surface area contributed by atoms with Crippen LogP contribution < -0.4 is 4.72 Å². The fraction of sp³-hybridized carbons (Fsp3) is 0.500. The molecule has 1 rings (SSSR count). The van der Waals surface area contributed by atoms with E-state index in [1.807, 2.05) is 6.92 Å². The van der Waals surface area contributed by atoms with Crippen LogP contribution in [0.4, 0.5) is 0 Å². The maximum Gasteiger partial charge on any atom is 0.306 e. The minimum absolute atomic E-state index is 0.0295. The number of aryl methyl sites for hydroxylation is 1. The third-order valence-corrected chi connectivity index (χ3v) is 5.28. The van der Waals surface area contributed by atoms with Crippen LogP contribution in [0.1, 0.15) is 18.2 Å². The Hall–Kier alpha value is -0.920. The Labute approximate surface area is 105 Å². The SMILES string of the molecule is CCc1ccc(S(=O)(=O)NCCC(=O)OC)s1. The highest BCUT2D eigenvalue weighted by molar-refractivity contribution is 7.91.